The smallest absolute Gasteiger partial charge is 0.407 e. The van der Waals surface area contributed by atoms with Crippen molar-refractivity contribution in [1.29, 1.82) is 0 Å². The van der Waals surface area contributed by atoms with E-state index in [0.717, 1.165) is 57.8 Å². The molecule has 1 amide bonds. The van der Waals surface area contributed by atoms with Gasteiger partial charge in [0.2, 0.25) is 0 Å². The zero-order valence-electron chi connectivity index (χ0n) is 14.4. The van der Waals surface area contributed by atoms with E-state index >= 15 is 0 Å². The molecular weight excluding hydrogens is 321 g/mol. The van der Waals surface area contributed by atoms with E-state index in [1.165, 1.54) is 4.90 Å². The Morgan fingerprint density at radius 1 is 1.09 bits per heavy atom. The molecule has 0 radical (unpaired) electrons. The van der Waals surface area contributed by atoms with Gasteiger partial charge in [-0.15, -0.1) is 23.2 Å². The minimum absolute atomic E-state index is 0.150. The van der Waals surface area contributed by atoms with E-state index in [-0.39, 0.29) is 6.04 Å². The monoisotopic (exact) mass is 353 g/mol. The zero-order chi connectivity index (χ0) is 17.0. The SMILES string of the molecule is CCCCC(N(CCCl)C(=O)O)C(Cl)(CCCC)CCCC. The summed E-state index contributed by atoms with van der Waals surface area (Å²) in [6.45, 7) is 6.76. The average molecular weight is 354 g/mol. The molecule has 0 aliphatic heterocycles. The van der Waals surface area contributed by atoms with Crippen LogP contribution in [-0.2, 0) is 0 Å². The van der Waals surface area contributed by atoms with Gasteiger partial charge in [-0.3, -0.25) is 0 Å². The van der Waals surface area contributed by atoms with Crippen LogP contribution < -0.4 is 0 Å². The van der Waals surface area contributed by atoms with E-state index in [0.29, 0.717) is 12.4 Å². The molecule has 0 saturated carbocycles. The Hall–Kier alpha value is -0.150. The minimum atomic E-state index is -0.903. The number of unbranched alkanes of at least 4 members (excludes halogenated alkanes) is 3. The summed E-state index contributed by atoms with van der Waals surface area (Å²) in [5.41, 5.74) is 0. The number of carboxylic acid groups (broad SMARTS) is 1. The second-order valence-corrected chi connectivity index (χ2v) is 7.20. The zero-order valence-corrected chi connectivity index (χ0v) is 15.9. The van der Waals surface area contributed by atoms with Crippen molar-refractivity contribution in [3.05, 3.63) is 0 Å². The van der Waals surface area contributed by atoms with Gasteiger partial charge in [0.15, 0.2) is 0 Å². The average Bonchev–Trinajstić information content (AvgIpc) is 2.50. The van der Waals surface area contributed by atoms with E-state index in [2.05, 4.69) is 20.8 Å². The van der Waals surface area contributed by atoms with E-state index in [4.69, 9.17) is 23.2 Å². The second kappa shape index (κ2) is 12.3. The fourth-order valence-corrected chi connectivity index (χ4v) is 3.64. The molecule has 0 spiro atoms. The first-order valence-electron chi connectivity index (χ1n) is 8.71. The van der Waals surface area contributed by atoms with Gasteiger partial charge in [0.1, 0.15) is 0 Å². The standard InChI is InChI=1S/C17H33Cl2NO2/c1-4-7-10-15(20(14-13-18)16(21)22)17(19,11-8-5-2)12-9-6-3/h15H,4-14H2,1-3H3,(H,21,22). The predicted molar refractivity (Wildman–Crippen MR) is 96.4 cm³/mol. The number of hydrogen-bond acceptors (Lipinski definition) is 1. The van der Waals surface area contributed by atoms with Crippen LogP contribution in [0.2, 0.25) is 0 Å². The summed E-state index contributed by atoms with van der Waals surface area (Å²) in [5, 5.41) is 9.60. The Kier molecular flexibility index (Phi) is 12.2. The molecule has 0 rings (SSSR count). The highest BCUT2D eigenvalue weighted by atomic mass is 35.5. The molecule has 3 nitrogen and oxygen atoms in total. The molecular formula is C17H33Cl2NO2. The molecule has 0 fully saturated rings. The van der Waals surface area contributed by atoms with Gasteiger partial charge in [-0.1, -0.05) is 59.3 Å². The molecule has 0 heterocycles. The third-order valence-corrected chi connectivity index (χ3v) is 5.07. The molecule has 1 N–H and O–H groups in total. The van der Waals surface area contributed by atoms with Gasteiger partial charge < -0.3 is 10.0 Å². The summed E-state index contributed by atoms with van der Waals surface area (Å²) in [6, 6.07) is -0.150. The van der Waals surface area contributed by atoms with Crippen molar-refractivity contribution < 1.29 is 9.90 Å². The molecule has 1 atom stereocenters. The molecule has 0 aromatic heterocycles. The summed E-state index contributed by atoms with van der Waals surface area (Å²) in [6.07, 6.45) is 7.89. The number of carbonyl (C=O) groups is 1. The second-order valence-electron chi connectivity index (χ2n) is 6.06. The molecule has 0 aromatic carbocycles. The number of nitrogens with zero attached hydrogens (tertiary/aromatic N) is 1. The summed E-state index contributed by atoms with van der Waals surface area (Å²) in [4.78, 5) is 12.7. The minimum Gasteiger partial charge on any atom is -0.465 e. The third-order valence-electron chi connectivity index (χ3n) is 4.27. The van der Waals surface area contributed by atoms with E-state index < -0.39 is 11.0 Å². The number of alkyl halides is 2. The van der Waals surface area contributed by atoms with Gasteiger partial charge >= 0.3 is 6.09 Å². The van der Waals surface area contributed by atoms with Crippen LogP contribution in [0.1, 0.15) is 78.6 Å². The normalized spacial score (nSPS) is 13.1. The molecule has 132 valence electrons. The van der Waals surface area contributed by atoms with Gasteiger partial charge in [0, 0.05) is 12.4 Å². The maximum atomic E-state index is 11.7. The Morgan fingerprint density at radius 3 is 1.95 bits per heavy atom. The Balaban J connectivity index is 5.35. The van der Waals surface area contributed by atoms with Gasteiger partial charge in [-0.25, -0.2) is 4.79 Å². The quantitative estimate of drug-likeness (QED) is 0.405. The first-order chi connectivity index (χ1) is 10.5. The summed E-state index contributed by atoms with van der Waals surface area (Å²) >= 11 is 12.9. The highest BCUT2D eigenvalue weighted by Crippen LogP contribution is 2.37. The lowest BCUT2D eigenvalue weighted by Gasteiger charge is -2.42. The van der Waals surface area contributed by atoms with Gasteiger partial charge in [0.25, 0.3) is 0 Å². The molecule has 0 aliphatic carbocycles. The lowest BCUT2D eigenvalue weighted by molar-refractivity contribution is 0.104. The molecule has 1 unspecified atom stereocenters. The van der Waals surface area contributed by atoms with E-state index in [1.54, 1.807) is 0 Å². The van der Waals surface area contributed by atoms with Gasteiger partial charge in [-0.2, -0.15) is 0 Å². The fourth-order valence-electron chi connectivity index (χ4n) is 2.97. The van der Waals surface area contributed by atoms with Crippen LogP contribution in [0.5, 0.6) is 0 Å². The highest BCUT2D eigenvalue weighted by molar-refractivity contribution is 6.24. The number of rotatable bonds is 13. The van der Waals surface area contributed by atoms with Crippen LogP contribution in [0, 0.1) is 0 Å². The fraction of sp³-hybridized carbons (Fsp3) is 0.941. The molecule has 5 heteroatoms. The van der Waals surface area contributed by atoms with Gasteiger partial charge in [-0.05, 0) is 19.3 Å². The molecule has 0 aliphatic rings. The molecule has 0 bridgehead atoms. The maximum absolute atomic E-state index is 11.7. The lowest BCUT2D eigenvalue weighted by Crippen LogP contribution is -2.52. The predicted octanol–water partition coefficient (Wildman–Crippen LogP) is 6.12. The highest BCUT2D eigenvalue weighted by Gasteiger charge is 2.40. The maximum Gasteiger partial charge on any atom is 0.407 e. The summed E-state index contributed by atoms with van der Waals surface area (Å²) in [7, 11) is 0. The van der Waals surface area contributed by atoms with Crippen molar-refractivity contribution in [2.45, 2.75) is 89.5 Å². The van der Waals surface area contributed by atoms with E-state index in [9.17, 15) is 9.90 Å². The molecule has 0 saturated heterocycles. The Labute approximate surface area is 146 Å². The van der Waals surface area contributed by atoms with Crippen molar-refractivity contribution in [1.82, 2.24) is 4.90 Å². The first-order valence-corrected chi connectivity index (χ1v) is 9.62. The largest absolute Gasteiger partial charge is 0.465 e. The van der Waals surface area contributed by atoms with Crippen LogP contribution in [0.3, 0.4) is 0 Å². The Morgan fingerprint density at radius 2 is 1.59 bits per heavy atom. The molecule has 0 aromatic rings. The van der Waals surface area contributed by atoms with Crippen molar-refractivity contribution >= 4 is 29.3 Å². The number of hydrogen-bond donors (Lipinski definition) is 1. The Bertz CT molecular complexity index is 292. The van der Waals surface area contributed by atoms with Crippen LogP contribution in [0.4, 0.5) is 4.79 Å². The topological polar surface area (TPSA) is 40.5 Å². The van der Waals surface area contributed by atoms with Crippen molar-refractivity contribution in [3.63, 3.8) is 0 Å². The third kappa shape index (κ3) is 7.41. The van der Waals surface area contributed by atoms with Crippen molar-refractivity contribution in [3.8, 4) is 0 Å². The van der Waals surface area contributed by atoms with E-state index in [1.807, 2.05) is 0 Å². The number of amides is 1. The first kappa shape index (κ1) is 21.9. The molecule has 22 heavy (non-hydrogen) atoms. The lowest BCUT2D eigenvalue weighted by atomic mass is 9.84. The van der Waals surface area contributed by atoms with Gasteiger partial charge in [0.05, 0.1) is 10.9 Å². The van der Waals surface area contributed by atoms with Crippen LogP contribution in [0.25, 0.3) is 0 Å². The summed E-state index contributed by atoms with van der Waals surface area (Å²) in [5.74, 6) is 0.309. The van der Waals surface area contributed by atoms with Crippen molar-refractivity contribution in [2.75, 3.05) is 12.4 Å². The summed E-state index contributed by atoms with van der Waals surface area (Å²) < 4.78 is 0. The van der Waals surface area contributed by atoms with Crippen LogP contribution >= 0.6 is 23.2 Å². The van der Waals surface area contributed by atoms with Crippen LogP contribution in [0.15, 0.2) is 0 Å². The van der Waals surface area contributed by atoms with Crippen molar-refractivity contribution in [2.24, 2.45) is 0 Å². The van der Waals surface area contributed by atoms with Crippen LogP contribution in [-0.4, -0.2) is 39.4 Å². The number of halogens is 2.